The van der Waals surface area contributed by atoms with Crippen LogP contribution in [0.25, 0.3) is 0 Å². The number of aromatic carboxylic acids is 1. The van der Waals surface area contributed by atoms with Crippen LogP contribution in [0.5, 0.6) is 5.75 Å². The maximum atomic E-state index is 11.0. The van der Waals surface area contributed by atoms with Crippen LogP contribution >= 0.6 is 0 Å². The number of carboxylic acids is 1. The van der Waals surface area contributed by atoms with E-state index in [1.165, 1.54) is 24.0 Å². The van der Waals surface area contributed by atoms with Crippen molar-refractivity contribution in [2.75, 3.05) is 7.05 Å². The van der Waals surface area contributed by atoms with Crippen LogP contribution in [0.3, 0.4) is 0 Å². The minimum absolute atomic E-state index is 0.107. The highest BCUT2D eigenvalue weighted by Gasteiger charge is 2.11. The molecule has 0 saturated heterocycles. The molecule has 5 heteroatoms. The van der Waals surface area contributed by atoms with E-state index >= 15 is 0 Å². The van der Waals surface area contributed by atoms with Gasteiger partial charge < -0.3 is 15.1 Å². The Kier molecular flexibility index (Phi) is 3.50. The lowest BCUT2D eigenvalue weighted by Crippen LogP contribution is -2.23. The Morgan fingerprint density at radius 3 is 2.50 bits per heavy atom. The van der Waals surface area contributed by atoms with E-state index in [1.54, 1.807) is 13.1 Å². The first-order valence-corrected chi connectivity index (χ1v) is 4.68. The highest BCUT2D eigenvalue weighted by Crippen LogP contribution is 2.19. The minimum Gasteiger partial charge on any atom is -0.507 e. The van der Waals surface area contributed by atoms with Gasteiger partial charge in [0, 0.05) is 20.5 Å². The summed E-state index contributed by atoms with van der Waals surface area (Å²) in [5.41, 5.74) is 0.502. The van der Waals surface area contributed by atoms with Crippen LogP contribution in [0.1, 0.15) is 22.8 Å². The highest BCUT2D eigenvalue weighted by atomic mass is 16.4. The van der Waals surface area contributed by atoms with E-state index in [0.717, 1.165) is 0 Å². The van der Waals surface area contributed by atoms with Gasteiger partial charge in [0.05, 0.1) is 0 Å². The van der Waals surface area contributed by atoms with Gasteiger partial charge in [-0.05, 0) is 17.7 Å². The lowest BCUT2D eigenvalue weighted by atomic mass is 10.1. The van der Waals surface area contributed by atoms with Crippen LogP contribution in [-0.4, -0.2) is 34.0 Å². The summed E-state index contributed by atoms with van der Waals surface area (Å²) in [4.78, 5) is 23.2. The first-order chi connectivity index (χ1) is 7.41. The standard InChI is InChI=1S/C11H13NO4/c1-7(13)12(2)6-8-3-4-10(14)9(5-8)11(15)16/h3-5,14H,6H2,1-2H3,(H,15,16). The van der Waals surface area contributed by atoms with E-state index in [9.17, 15) is 14.7 Å². The second-order valence-electron chi connectivity index (χ2n) is 3.53. The lowest BCUT2D eigenvalue weighted by Gasteiger charge is -2.15. The number of amides is 1. The van der Waals surface area contributed by atoms with Crippen molar-refractivity contribution in [3.05, 3.63) is 29.3 Å². The van der Waals surface area contributed by atoms with Gasteiger partial charge in [-0.15, -0.1) is 0 Å². The second kappa shape index (κ2) is 4.65. The van der Waals surface area contributed by atoms with Gasteiger partial charge in [-0.1, -0.05) is 6.07 Å². The summed E-state index contributed by atoms with van der Waals surface area (Å²) in [7, 11) is 1.62. The molecule has 0 bridgehead atoms. The van der Waals surface area contributed by atoms with Gasteiger partial charge in [0.1, 0.15) is 11.3 Å². The normalized spacial score (nSPS) is 9.88. The fourth-order valence-electron chi connectivity index (χ4n) is 1.24. The third-order valence-electron chi connectivity index (χ3n) is 2.25. The molecule has 0 spiro atoms. The van der Waals surface area contributed by atoms with Crippen molar-refractivity contribution in [1.29, 1.82) is 0 Å². The summed E-state index contributed by atoms with van der Waals surface area (Å²) in [6.45, 7) is 1.74. The SMILES string of the molecule is CC(=O)N(C)Cc1ccc(O)c(C(=O)O)c1. The Hall–Kier alpha value is -2.04. The third kappa shape index (κ3) is 2.73. The largest absolute Gasteiger partial charge is 0.507 e. The summed E-state index contributed by atoms with van der Waals surface area (Å²) in [6.07, 6.45) is 0. The van der Waals surface area contributed by atoms with E-state index in [4.69, 9.17) is 5.11 Å². The molecule has 2 N–H and O–H groups in total. The summed E-state index contributed by atoms with van der Waals surface area (Å²) >= 11 is 0. The fraction of sp³-hybridized carbons (Fsp3) is 0.273. The molecule has 1 rings (SSSR count). The molecular formula is C11H13NO4. The van der Waals surface area contributed by atoms with Gasteiger partial charge in [-0.25, -0.2) is 4.79 Å². The zero-order valence-corrected chi connectivity index (χ0v) is 9.10. The van der Waals surface area contributed by atoms with Gasteiger partial charge in [0.25, 0.3) is 0 Å². The van der Waals surface area contributed by atoms with Crippen molar-refractivity contribution in [1.82, 2.24) is 4.90 Å². The van der Waals surface area contributed by atoms with Gasteiger partial charge in [0.2, 0.25) is 5.91 Å². The number of carbonyl (C=O) groups excluding carboxylic acids is 1. The number of carboxylic acid groups (broad SMARTS) is 1. The van der Waals surface area contributed by atoms with E-state index < -0.39 is 5.97 Å². The van der Waals surface area contributed by atoms with Crippen LogP contribution in [0.4, 0.5) is 0 Å². The zero-order chi connectivity index (χ0) is 12.3. The quantitative estimate of drug-likeness (QED) is 0.803. The molecule has 0 heterocycles. The van der Waals surface area contributed by atoms with Crippen molar-refractivity contribution >= 4 is 11.9 Å². The monoisotopic (exact) mass is 223 g/mol. The molecule has 1 amide bonds. The summed E-state index contributed by atoms with van der Waals surface area (Å²) in [6, 6.07) is 4.26. The van der Waals surface area contributed by atoms with Crippen LogP contribution in [-0.2, 0) is 11.3 Å². The Balaban J connectivity index is 2.95. The topological polar surface area (TPSA) is 77.8 Å². The van der Waals surface area contributed by atoms with Crippen LogP contribution in [0.2, 0.25) is 0 Å². The maximum absolute atomic E-state index is 11.0. The molecule has 16 heavy (non-hydrogen) atoms. The molecular weight excluding hydrogens is 210 g/mol. The number of benzene rings is 1. The van der Waals surface area contributed by atoms with E-state index in [-0.39, 0.29) is 17.2 Å². The average molecular weight is 223 g/mol. The smallest absolute Gasteiger partial charge is 0.339 e. The van der Waals surface area contributed by atoms with Crippen molar-refractivity contribution in [2.24, 2.45) is 0 Å². The molecule has 0 atom stereocenters. The van der Waals surface area contributed by atoms with Crippen molar-refractivity contribution in [2.45, 2.75) is 13.5 Å². The number of carbonyl (C=O) groups is 2. The first kappa shape index (κ1) is 12.0. The first-order valence-electron chi connectivity index (χ1n) is 4.68. The Bertz CT molecular complexity index is 428. The summed E-state index contributed by atoms with van der Waals surface area (Å²) < 4.78 is 0. The molecule has 0 aliphatic heterocycles. The number of hydrogen-bond acceptors (Lipinski definition) is 3. The Morgan fingerprint density at radius 1 is 1.38 bits per heavy atom. The fourth-order valence-corrected chi connectivity index (χ4v) is 1.24. The van der Waals surface area contributed by atoms with Crippen molar-refractivity contribution in [3.8, 4) is 5.75 Å². The lowest BCUT2D eigenvalue weighted by molar-refractivity contribution is -0.128. The minimum atomic E-state index is -1.19. The molecule has 5 nitrogen and oxygen atoms in total. The van der Waals surface area contributed by atoms with E-state index in [2.05, 4.69) is 0 Å². The molecule has 0 aromatic heterocycles. The molecule has 0 aliphatic carbocycles. The van der Waals surface area contributed by atoms with Crippen LogP contribution in [0.15, 0.2) is 18.2 Å². The predicted octanol–water partition coefficient (Wildman–Crippen LogP) is 1.07. The van der Waals surface area contributed by atoms with Crippen LogP contribution in [0, 0.1) is 0 Å². The maximum Gasteiger partial charge on any atom is 0.339 e. The van der Waals surface area contributed by atoms with E-state index in [0.29, 0.717) is 12.1 Å². The van der Waals surface area contributed by atoms with Gasteiger partial charge in [-0.2, -0.15) is 0 Å². The summed E-state index contributed by atoms with van der Waals surface area (Å²) in [5, 5.41) is 18.1. The molecule has 0 saturated carbocycles. The molecule has 0 aliphatic rings. The highest BCUT2D eigenvalue weighted by molar-refractivity contribution is 5.90. The molecule has 0 unspecified atom stereocenters. The molecule has 1 aromatic carbocycles. The van der Waals surface area contributed by atoms with E-state index in [1.807, 2.05) is 0 Å². The molecule has 86 valence electrons. The van der Waals surface area contributed by atoms with Crippen LogP contribution < -0.4 is 0 Å². The molecule has 0 radical (unpaired) electrons. The Labute approximate surface area is 92.9 Å². The number of phenols is 1. The van der Waals surface area contributed by atoms with Gasteiger partial charge >= 0.3 is 5.97 Å². The number of nitrogens with zero attached hydrogens (tertiary/aromatic N) is 1. The second-order valence-corrected chi connectivity index (χ2v) is 3.53. The number of hydrogen-bond donors (Lipinski definition) is 2. The predicted molar refractivity (Wildman–Crippen MR) is 57.2 cm³/mol. The molecule has 1 aromatic rings. The van der Waals surface area contributed by atoms with Crippen molar-refractivity contribution in [3.63, 3.8) is 0 Å². The van der Waals surface area contributed by atoms with Crippen molar-refractivity contribution < 1.29 is 19.8 Å². The van der Waals surface area contributed by atoms with Gasteiger partial charge in [-0.3, -0.25) is 4.79 Å². The average Bonchev–Trinajstić information content (AvgIpc) is 2.20. The number of rotatable bonds is 3. The zero-order valence-electron chi connectivity index (χ0n) is 9.10. The van der Waals surface area contributed by atoms with Gasteiger partial charge in [0.15, 0.2) is 0 Å². The summed E-state index contributed by atoms with van der Waals surface area (Å²) in [5.74, 6) is -1.57. The Morgan fingerprint density at radius 2 is 2.00 bits per heavy atom. The number of aromatic hydroxyl groups is 1. The molecule has 0 fully saturated rings. The third-order valence-corrected chi connectivity index (χ3v) is 2.25.